The van der Waals surface area contributed by atoms with Crippen molar-refractivity contribution in [2.24, 2.45) is 5.73 Å². The zero-order valence-corrected chi connectivity index (χ0v) is 13.0. The molecule has 0 bridgehead atoms. The van der Waals surface area contributed by atoms with E-state index in [9.17, 15) is 0 Å². The lowest BCUT2D eigenvalue weighted by Crippen LogP contribution is -2.03. The maximum Gasteiger partial charge on any atom is 0.175 e. The number of hydrogen-bond donors (Lipinski definition) is 1. The number of hydrogen-bond acceptors (Lipinski definition) is 5. The first kappa shape index (κ1) is 14.3. The highest BCUT2D eigenvalue weighted by Crippen LogP contribution is 2.37. The van der Waals surface area contributed by atoms with Gasteiger partial charge in [-0.2, -0.15) is 0 Å². The quantitative estimate of drug-likeness (QED) is 0.874. The van der Waals surface area contributed by atoms with Crippen molar-refractivity contribution in [3.05, 3.63) is 38.8 Å². The molecule has 19 heavy (non-hydrogen) atoms. The van der Waals surface area contributed by atoms with Gasteiger partial charge in [0, 0.05) is 18.1 Å². The van der Waals surface area contributed by atoms with Gasteiger partial charge in [0.15, 0.2) is 11.5 Å². The number of rotatable bonds is 6. The van der Waals surface area contributed by atoms with Crippen molar-refractivity contribution in [3.8, 4) is 11.5 Å². The standard InChI is InChI=1S/C13H15BrN2O2S/c1-2-17-11-6-9(7-15)5-10(14)13(11)18-8-12-16-3-4-19-12/h3-6H,2,7-8,15H2,1H3. The molecule has 102 valence electrons. The molecule has 0 spiro atoms. The monoisotopic (exact) mass is 342 g/mol. The van der Waals surface area contributed by atoms with Crippen molar-refractivity contribution in [2.45, 2.75) is 20.1 Å². The zero-order chi connectivity index (χ0) is 13.7. The molecular formula is C13H15BrN2O2S. The molecular weight excluding hydrogens is 328 g/mol. The predicted molar refractivity (Wildman–Crippen MR) is 79.6 cm³/mol. The first-order valence-corrected chi connectivity index (χ1v) is 7.58. The van der Waals surface area contributed by atoms with Crippen LogP contribution in [0.1, 0.15) is 17.5 Å². The lowest BCUT2D eigenvalue weighted by molar-refractivity contribution is 0.267. The molecule has 2 rings (SSSR count). The summed E-state index contributed by atoms with van der Waals surface area (Å²) in [5.74, 6) is 1.39. The van der Waals surface area contributed by atoms with Crippen LogP contribution in [0.25, 0.3) is 0 Å². The van der Waals surface area contributed by atoms with Crippen LogP contribution < -0.4 is 15.2 Å². The number of nitrogens with zero attached hydrogens (tertiary/aromatic N) is 1. The lowest BCUT2D eigenvalue weighted by atomic mass is 10.2. The maximum atomic E-state index is 5.80. The van der Waals surface area contributed by atoms with E-state index in [1.807, 2.05) is 24.4 Å². The van der Waals surface area contributed by atoms with E-state index >= 15 is 0 Å². The second kappa shape index (κ2) is 6.88. The number of halogens is 1. The Morgan fingerprint density at radius 3 is 2.84 bits per heavy atom. The molecule has 6 heteroatoms. The molecule has 0 saturated carbocycles. The van der Waals surface area contributed by atoms with Crippen molar-refractivity contribution in [1.82, 2.24) is 4.98 Å². The molecule has 1 heterocycles. The van der Waals surface area contributed by atoms with Crippen molar-refractivity contribution in [3.63, 3.8) is 0 Å². The average molecular weight is 343 g/mol. The number of nitrogens with two attached hydrogens (primary N) is 1. The summed E-state index contributed by atoms with van der Waals surface area (Å²) in [7, 11) is 0. The lowest BCUT2D eigenvalue weighted by Gasteiger charge is -2.14. The fraction of sp³-hybridized carbons (Fsp3) is 0.308. The van der Waals surface area contributed by atoms with Gasteiger partial charge >= 0.3 is 0 Å². The van der Waals surface area contributed by atoms with Gasteiger partial charge in [0.1, 0.15) is 11.6 Å². The van der Waals surface area contributed by atoms with E-state index in [1.165, 1.54) is 0 Å². The zero-order valence-electron chi connectivity index (χ0n) is 10.6. The Bertz CT molecular complexity index is 532. The number of aromatic nitrogens is 1. The van der Waals surface area contributed by atoms with E-state index in [0.717, 1.165) is 15.0 Å². The van der Waals surface area contributed by atoms with Crippen LogP contribution in [0.2, 0.25) is 0 Å². The van der Waals surface area contributed by atoms with E-state index in [4.69, 9.17) is 15.2 Å². The minimum Gasteiger partial charge on any atom is -0.490 e. The highest BCUT2D eigenvalue weighted by molar-refractivity contribution is 9.10. The van der Waals surface area contributed by atoms with E-state index in [1.54, 1.807) is 17.5 Å². The van der Waals surface area contributed by atoms with Gasteiger partial charge in [-0.15, -0.1) is 11.3 Å². The summed E-state index contributed by atoms with van der Waals surface area (Å²) in [6.07, 6.45) is 1.76. The van der Waals surface area contributed by atoms with E-state index in [0.29, 0.717) is 31.3 Å². The van der Waals surface area contributed by atoms with Crippen LogP contribution in [-0.4, -0.2) is 11.6 Å². The summed E-state index contributed by atoms with van der Waals surface area (Å²) in [4.78, 5) is 4.19. The molecule has 0 aliphatic rings. The largest absolute Gasteiger partial charge is 0.490 e. The molecule has 0 fully saturated rings. The van der Waals surface area contributed by atoms with Gasteiger partial charge in [0.25, 0.3) is 0 Å². The van der Waals surface area contributed by atoms with Gasteiger partial charge < -0.3 is 15.2 Å². The van der Waals surface area contributed by atoms with Crippen LogP contribution in [0.4, 0.5) is 0 Å². The number of ether oxygens (including phenoxy) is 2. The molecule has 1 aromatic heterocycles. The summed E-state index contributed by atoms with van der Waals surface area (Å²) >= 11 is 5.06. The van der Waals surface area contributed by atoms with Gasteiger partial charge in [-0.3, -0.25) is 0 Å². The summed E-state index contributed by atoms with van der Waals surface area (Å²) in [5.41, 5.74) is 6.66. The average Bonchev–Trinajstić information content (AvgIpc) is 2.91. The Kier molecular flexibility index (Phi) is 5.18. The van der Waals surface area contributed by atoms with Crippen molar-refractivity contribution in [1.29, 1.82) is 0 Å². The number of benzene rings is 1. The Balaban J connectivity index is 2.21. The molecule has 1 aromatic carbocycles. The van der Waals surface area contributed by atoms with Crippen molar-refractivity contribution < 1.29 is 9.47 Å². The topological polar surface area (TPSA) is 57.4 Å². The third kappa shape index (κ3) is 3.68. The van der Waals surface area contributed by atoms with Crippen molar-refractivity contribution in [2.75, 3.05) is 6.61 Å². The second-order valence-electron chi connectivity index (χ2n) is 3.76. The second-order valence-corrected chi connectivity index (χ2v) is 5.59. The molecule has 0 unspecified atom stereocenters. The predicted octanol–water partition coefficient (Wildman–Crippen LogP) is 3.34. The van der Waals surface area contributed by atoms with Crippen LogP contribution in [0, 0.1) is 0 Å². The summed E-state index contributed by atoms with van der Waals surface area (Å²) in [6, 6.07) is 3.85. The highest BCUT2D eigenvalue weighted by atomic mass is 79.9. The fourth-order valence-electron chi connectivity index (χ4n) is 1.60. The van der Waals surface area contributed by atoms with Crippen LogP contribution in [0.3, 0.4) is 0 Å². The SMILES string of the molecule is CCOc1cc(CN)cc(Br)c1OCc1nccs1. The first-order valence-electron chi connectivity index (χ1n) is 5.91. The molecule has 2 N–H and O–H groups in total. The van der Waals surface area contributed by atoms with Crippen molar-refractivity contribution >= 4 is 27.3 Å². The van der Waals surface area contributed by atoms with Crippen LogP contribution in [0.15, 0.2) is 28.2 Å². The normalized spacial score (nSPS) is 10.5. The van der Waals surface area contributed by atoms with Gasteiger partial charge in [-0.1, -0.05) is 0 Å². The molecule has 2 aromatic rings. The first-order chi connectivity index (χ1) is 9.24. The third-order valence-corrected chi connectivity index (χ3v) is 3.77. The van der Waals surface area contributed by atoms with E-state index in [-0.39, 0.29) is 0 Å². The smallest absolute Gasteiger partial charge is 0.175 e. The minimum atomic E-state index is 0.429. The molecule has 0 atom stereocenters. The number of thiazole rings is 1. The van der Waals surface area contributed by atoms with Crippen LogP contribution in [-0.2, 0) is 13.2 Å². The molecule has 0 aliphatic heterocycles. The molecule has 0 saturated heterocycles. The van der Waals surface area contributed by atoms with Gasteiger partial charge in [-0.25, -0.2) is 4.98 Å². The Morgan fingerprint density at radius 2 is 2.21 bits per heavy atom. The van der Waals surface area contributed by atoms with Gasteiger partial charge in [-0.05, 0) is 40.5 Å². The summed E-state index contributed by atoms with van der Waals surface area (Å²) < 4.78 is 12.2. The van der Waals surface area contributed by atoms with Crippen LogP contribution in [0.5, 0.6) is 11.5 Å². The van der Waals surface area contributed by atoms with Gasteiger partial charge in [0.05, 0.1) is 11.1 Å². The molecule has 0 radical (unpaired) electrons. The Hall–Kier alpha value is -1.11. The van der Waals surface area contributed by atoms with Gasteiger partial charge in [0.2, 0.25) is 0 Å². The molecule has 0 aliphatic carbocycles. The van der Waals surface area contributed by atoms with Crippen LogP contribution >= 0.6 is 27.3 Å². The summed E-state index contributed by atoms with van der Waals surface area (Å²) in [6.45, 7) is 3.41. The molecule has 4 nitrogen and oxygen atoms in total. The maximum absolute atomic E-state index is 5.80. The molecule has 0 amide bonds. The summed E-state index contributed by atoms with van der Waals surface area (Å²) in [5, 5.41) is 2.85. The highest BCUT2D eigenvalue weighted by Gasteiger charge is 2.12. The minimum absolute atomic E-state index is 0.429. The fourth-order valence-corrected chi connectivity index (χ4v) is 2.73. The van der Waals surface area contributed by atoms with E-state index in [2.05, 4.69) is 20.9 Å². The Labute approximate surface area is 124 Å². The Morgan fingerprint density at radius 1 is 1.37 bits per heavy atom. The van der Waals surface area contributed by atoms with E-state index < -0.39 is 0 Å². The third-order valence-electron chi connectivity index (χ3n) is 2.43.